The number of benzene rings is 2. The first-order valence-electron chi connectivity index (χ1n) is 9.81. The minimum absolute atomic E-state index is 0.115. The molecule has 0 fully saturated rings. The third kappa shape index (κ3) is 4.43. The lowest BCUT2D eigenvalue weighted by molar-refractivity contribution is -0.116. The van der Waals surface area contributed by atoms with E-state index in [1.54, 1.807) is 23.1 Å². The van der Waals surface area contributed by atoms with Crippen molar-refractivity contribution < 1.29 is 9.59 Å². The van der Waals surface area contributed by atoms with Crippen molar-refractivity contribution in [2.45, 2.75) is 33.7 Å². The Bertz CT molecular complexity index is 1040. The second-order valence-electron chi connectivity index (χ2n) is 6.68. The van der Waals surface area contributed by atoms with Gasteiger partial charge >= 0.3 is 0 Å². The molecule has 0 spiro atoms. The molecule has 1 heterocycles. The molecule has 0 saturated carbocycles. The molecule has 7 heteroatoms. The molecule has 2 aromatic carbocycles. The van der Waals surface area contributed by atoms with Crippen LogP contribution in [0.25, 0.3) is 11.0 Å². The van der Waals surface area contributed by atoms with E-state index >= 15 is 0 Å². The van der Waals surface area contributed by atoms with Gasteiger partial charge in [0.1, 0.15) is 12.4 Å². The van der Waals surface area contributed by atoms with Gasteiger partial charge in [0, 0.05) is 25.2 Å². The first kappa shape index (κ1) is 20.9. The van der Waals surface area contributed by atoms with Crippen LogP contribution in [-0.4, -0.2) is 39.4 Å². The average Bonchev–Trinajstić information content (AvgIpc) is 3.06. The van der Waals surface area contributed by atoms with E-state index in [1.807, 2.05) is 49.6 Å². The molecule has 0 saturated heterocycles. The van der Waals surface area contributed by atoms with Crippen LogP contribution in [0.1, 0.15) is 37.0 Å². The van der Waals surface area contributed by atoms with Gasteiger partial charge in [-0.15, -0.1) is 0 Å². The Hall–Kier alpha value is -2.86. The van der Waals surface area contributed by atoms with Gasteiger partial charge < -0.3 is 14.8 Å². The van der Waals surface area contributed by atoms with Crippen molar-refractivity contribution in [2.24, 2.45) is 0 Å². The quantitative estimate of drug-likeness (QED) is 0.626. The average molecular weight is 413 g/mol. The molecule has 0 aliphatic carbocycles. The maximum Gasteiger partial charge on any atom is 0.255 e. The van der Waals surface area contributed by atoms with Crippen LogP contribution in [0.2, 0.25) is 5.02 Å². The minimum Gasteiger partial charge on any atom is -0.339 e. The molecule has 0 atom stereocenters. The van der Waals surface area contributed by atoms with Crippen molar-refractivity contribution >= 4 is 40.1 Å². The first-order chi connectivity index (χ1) is 14.0. The van der Waals surface area contributed by atoms with Crippen molar-refractivity contribution in [1.29, 1.82) is 0 Å². The number of carbonyl (C=O) groups excluding carboxylic acids is 2. The third-order valence-corrected chi connectivity index (χ3v) is 5.20. The number of para-hydroxylation sites is 2. The molecule has 1 N–H and O–H groups in total. The number of amides is 2. The van der Waals surface area contributed by atoms with Gasteiger partial charge in [0.05, 0.1) is 21.6 Å². The van der Waals surface area contributed by atoms with Crippen LogP contribution >= 0.6 is 11.6 Å². The predicted molar refractivity (Wildman–Crippen MR) is 116 cm³/mol. The summed E-state index contributed by atoms with van der Waals surface area (Å²) in [5, 5.41) is 3.18. The van der Waals surface area contributed by atoms with Crippen LogP contribution in [0, 0.1) is 0 Å². The zero-order valence-electron chi connectivity index (χ0n) is 16.9. The summed E-state index contributed by atoms with van der Waals surface area (Å²) in [6.07, 6.45) is 0.732. The van der Waals surface area contributed by atoms with Crippen LogP contribution in [0.4, 0.5) is 5.69 Å². The lowest BCUT2D eigenvalue weighted by atomic mass is 10.1. The highest BCUT2D eigenvalue weighted by Gasteiger charge is 2.17. The number of aromatic nitrogens is 2. The Kier molecular flexibility index (Phi) is 6.54. The van der Waals surface area contributed by atoms with Gasteiger partial charge in [-0.1, -0.05) is 30.7 Å². The fourth-order valence-corrected chi connectivity index (χ4v) is 3.62. The van der Waals surface area contributed by atoms with Gasteiger partial charge in [-0.05, 0) is 44.2 Å². The Morgan fingerprint density at radius 3 is 2.48 bits per heavy atom. The second-order valence-corrected chi connectivity index (χ2v) is 7.08. The number of carbonyl (C=O) groups is 2. The van der Waals surface area contributed by atoms with E-state index < -0.39 is 0 Å². The summed E-state index contributed by atoms with van der Waals surface area (Å²) in [5.41, 5.74) is 2.79. The SMILES string of the molecule is CCc1nc2ccccc2n1CC(=O)Nc1ccc(C(=O)N(CC)CC)c(Cl)c1. The van der Waals surface area contributed by atoms with E-state index in [9.17, 15) is 9.59 Å². The molecular formula is C22H25ClN4O2. The van der Waals surface area contributed by atoms with Gasteiger partial charge in [0.25, 0.3) is 5.91 Å². The van der Waals surface area contributed by atoms with Crippen molar-refractivity contribution in [3.05, 3.63) is 58.9 Å². The summed E-state index contributed by atoms with van der Waals surface area (Å²) in [4.78, 5) is 31.4. The van der Waals surface area contributed by atoms with Crippen LogP contribution in [-0.2, 0) is 17.8 Å². The Morgan fingerprint density at radius 1 is 1.10 bits per heavy atom. The molecule has 1 aromatic heterocycles. The maximum absolute atomic E-state index is 12.6. The highest BCUT2D eigenvalue weighted by atomic mass is 35.5. The van der Waals surface area contributed by atoms with Crippen molar-refractivity contribution in [2.75, 3.05) is 18.4 Å². The number of aryl methyl sites for hydroxylation is 1. The molecule has 0 radical (unpaired) electrons. The molecule has 3 aromatic rings. The standard InChI is InChI=1S/C22H25ClN4O2/c1-4-20-25-18-9-7-8-10-19(18)27(20)14-21(28)24-15-11-12-16(17(23)13-15)22(29)26(5-2)6-3/h7-13H,4-6,14H2,1-3H3,(H,24,28). The van der Waals surface area contributed by atoms with Gasteiger partial charge in [-0.2, -0.15) is 0 Å². The highest BCUT2D eigenvalue weighted by molar-refractivity contribution is 6.34. The van der Waals surface area contributed by atoms with E-state index in [0.29, 0.717) is 29.4 Å². The summed E-state index contributed by atoms with van der Waals surface area (Å²) in [6.45, 7) is 7.25. The van der Waals surface area contributed by atoms with Gasteiger partial charge in [-0.3, -0.25) is 9.59 Å². The smallest absolute Gasteiger partial charge is 0.255 e. The number of nitrogens with zero attached hydrogens (tertiary/aromatic N) is 3. The third-order valence-electron chi connectivity index (χ3n) is 4.89. The van der Waals surface area contributed by atoms with Crippen LogP contribution in [0.5, 0.6) is 0 Å². The lowest BCUT2D eigenvalue weighted by Crippen LogP contribution is -2.30. The predicted octanol–water partition coefficient (Wildman–Crippen LogP) is 4.37. The summed E-state index contributed by atoms with van der Waals surface area (Å²) >= 11 is 6.32. The molecule has 0 aliphatic heterocycles. The molecule has 3 rings (SSSR count). The Balaban J connectivity index is 1.77. The molecule has 0 bridgehead atoms. The number of anilines is 1. The molecule has 6 nitrogen and oxygen atoms in total. The van der Waals surface area contributed by atoms with Gasteiger partial charge in [0.2, 0.25) is 5.91 Å². The zero-order chi connectivity index (χ0) is 21.0. The van der Waals surface area contributed by atoms with Crippen LogP contribution in [0.15, 0.2) is 42.5 Å². The summed E-state index contributed by atoms with van der Waals surface area (Å²) in [6, 6.07) is 12.7. The molecule has 0 unspecified atom stereocenters. The normalized spacial score (nSPS) is 10.9. The topological polar surface area (TPSA) is 67.2 Å². The van der Waals surface area contributed by atoms with Crippen molar-refractivity contribution in [3.8, 4) is 0 Å². The largest absolute Gasteiger partial charge is 0.339 e. The number of nitrogens with one attached hydrogen (secondary N) is 1. The monoisotopic (exact) mass is 412 g/mol. The fraction of sp³-hybridized carbons (Fsp3) is 0.318. The first-order valence-corrected chi connectivity index (χ1v) is 10.2. The number of halogens is 1. The number of fused-ring (bicyclic) bond motifs is 1. The summed E-state index contributed by atoms with van der Waals surface area (Å²) in [7, 11) is 0. The zero-order valence-corrected chi connectivity index (χ0v) is 17.7. The van der Waals surface area contributed by atoms with Crippen molar-refractivity contribution in [1.82, 2.24) is 14.5 Å². The maximum atomic E-state index is 12.6. The number of imidazole rings is 1. The lowest BCUT2D eigenvalue weighted by Gasteiger charge is -2.19. The summed E-state index contributed by atoms with van der Waals surface area (Å²) in [5.74, 6) is 0.566. The minimum atomic E-state index is -0.179. The van der Waals surface area contributed by atoms with Gasteiger partial charge in [-0.25, -0.2) is 4.98 Å². The molecule has 152 valence electrons. The highest BCUT2D eigenvalue weighted by Crippen LogP contribution is 2.23. The number of hydrogen-bond acceptors (Lipinski definition) is 3. The Labute approximate surface area is 175 Å². The molecule has 29 heavy (non-hydrogen) atoms. The number of hydrogen-bond donors (Lipinski definition) is 1. The van der Waals surface area contributed by atoms with E-state index in [4.69, 9.17) is 11.6 Å². The molecular weight excluding hydrogens is 388 g/mol. The van der Waals surface area contributed by atoms with Gasteiger partial charge in [0.15, 0.2) is 0 Å². The van der Waals surface area contributed by atoms with E-state index in [1.165, 1.54) is 0 Å². The second kappa shape index (κ2) is 9.09. The van der Waals surface area contributed by atoms with Crippen LogP contribution in [0.3, 0.4) is 0 Å². The number of rotatable bonds is 7. The summed E-state index contributed by atoms with van der Waals surface area (Å²) < 4.78 is 1.92. The Morgan fingerprint density at radius 2 is 1.83 bits per heavy atom. The fourth-order valence-electron chi connectivity index (χ4n) is 3.36. The van der Waals surface area contributed by atoms with E-state index in [2.05, 4.69) is 10.3 Å². The molecule has 2 amide bonds. The van der Waals surface area contributed by atoms with Crippen LogP contribution < -0.4 is 5.32 Å². The van der Waals surface area contributed by atoms with E-state index in [-0.39, 0.29) is 18.4 Å². The van der Waals surface area contributed by atoms with E-state index in [0.717, 1.165) is 23.3 Å². The molecule has 0 aliphatic rings. The van der Waals surface area contributed by atoms with Crippen molar-refractivity contribution in [3.63, 3.8) is 0 Å².